The molecule has 0 saturated carbocycles. The van der Waals surface area contributed by atoms with Gasteiger partial charge in [-0.3, -0.25) is 14.4 Å². The van der Waals surface area contributed by atoms with Crippen molar-refractivity contribution >= 4 is 17.9 Å². The van der Waals surface area contributed by atoms with Crippen LogP contribution in [0.5, 0.6) is 0 Å². The molecule has 0 spiro atoms. The van der Waals surface area contributed by atoms with Crippen LogP contribution in [0.25, 0.3) is 0 Å². The summed E-state index contributed by atoms with van der Waals surface area (Å²) in [6.45, 7) is 6.64. The molecule has 0 amide bonds. The number of esters is 3. The molecule has 0 radical (unpaired) electrons. The number of carbonyl (C=O) groups excluding carboxylic acids is 3. The Morgan fingerprint density at radius 3 is 0.806 bits per heavy atom. The number of ether oxygens (including phenoxy) is 3. The maximum Gasteiger partial charge on any atom is 0.306 e. The molecule has 0 aliphatic carbocycles. The van der Waals surface area contributed by atoms with Crippen LogP contribution in [0.4, 0.5) is 0 Å². The van der Waals surface area contributed by atoms with E-state index < -0.39 is 6.10 Å². The summed E-state index contributed by atoms with van der Waals surface area (Å²) in [4.78, 5) is 38.3. The zero-order valence-electron chi connectivity index (χ0n) is 48.2. The lowest BCUT2D eigenvalue weighted by Crippen LogP contribution is -2.30. The molecule has 0 N–H and O–H groups in total. The van der Waals surface area contributed by atoms with Crippen LogP contribution in [0, 0.1) is 0 Å². The Hall–Kier alpha value is -2.63. The van der Waals surface area contributed by atoms with Gasteiger partial charge in [0.25, 0.3) is 0 Å². The van der Waals surface area contributed by atoms with Gasteiger partial charge in [0, 0.05) is 19.3 Å². The zero-order valence-corrected chi connectivity index (χ0v) is 48.2. The predicted octanol–water partition coefficient (Wildman–Crippen LogP) is 21.4. The highest BCUT2D eigenvalue weighted by molar-refractivity contribution is 5.71. The summed E-state index contributed by atoms with van der Waals surface area (Å²) in [5.74, 6) is -0.872. The van der Waals surface area contributed by atoms with Crippen LogP contribution in [0.3, 0.4) is 0 Å². The first-order valence-electron chi connectivity index (χ1n) is 31.6. The van der Waals surface area contributed by atoms with Gasteiger partial charge in [-0.25, -0.2) is 0 Å². The number of hydrogen-bond acceptors (Lipinski definition) is 6. The molecule has 1 atom stereocenters. The summed E-state index contributed by atoms with van der Waals surface area (Å²) in [5, 5.41) is 0. The number of rotatable bonds is 58. The third kappa shape index (κ3) is 58.3. The topological polar surface area (TPSA) is 78.9 Å². The number of carbonyl (C=O) groups is 3. The SMILES string of the molecule is CCCCC/C=C\C/C=C\CCCCCCCCCCCC(=O)OCC(COC(=O)CCCCCCC/C=C\CCCCCCCCC)OC(=O)CCCCCCCCCCC/C=C\CCCCCCCC. The molecule has 0 bridgehead atoms. The second-order valence-electron chi connectivity index (χ2n) is 21.3. The smallest absolute Gasteiger partial charge is 0.306 e. The monoisotopic (exact) mass is 1010 g/mol. The first-order valence-corrected chi connectivity index (χ1v) is 31.6. The van der Waals surface area contributed by atoms with Crippen molar-refractivity contribution in [3.8, 4) is 0 Å². The third-order valence-corrected chi connectivity index (χ3v) is 14.0. The van der Waals surface area contributed by atoms with Gasteiger partial charge in [-0.05, 0) is 103 Å². The molecule has 0 aliphatic rings. The molecular formula is C66H120O6. The molecule has 0 aromatic rings. The quantitative estimate of drug-likeness (QED) is 0.0261. The summed E-state index contributed by atoms with van der Waals surface area (Å²) >= 11 is 0. The number of unbranched alkanes of at least 4 members (excludes halogenated alkanes) is 39. The van der Waals surface area contributed by atoms with Crippen LogP contribution in [-0.4, -0.2) is 37.2 Å². The number of hydrogen-bond donors (Lipinski definition) is 0. The van der Waals surface area contributed by atoms with Crippen LogP contribution in [-0.2, 0) is 28.6 Å². The summed E-state index contributed by atoms with van der Waals surface area (Å²) in [7, 11) is 0. The molecule has 420 valence electrons. The van der Waals surface area contributed by atoms with Crippen molar-refractivity contribution < 1.29 is 28.6 Å². The van der Waals surface area contributed by atoms with Gasteiger partial charge in [0.05, 0.1) is 0 Å². The van der Waals surface area contributed by atoms with Crippen molar-refractivity contribution in [3.63, 3.8) is 0 Å². The third-order valence-electron chi connectivity index (χ3n) is 14.0. The average molecular weight is 1010 g/mol. The summed E-state index contributed by atoms with van der Waals surface area (Å²) in [6, 6.07) is 0. The van der Waals surface area contributed by atoms with E-state index in [1.807, 2.05) is 0 Å². The van der Waals surface area contributed by atoms with Crippen molar-refractivity contribution in [3.05, 3.63) is 48.6 Å². The largest absolute Gasteiger partial charge is 0.462 e. The van der Waals surface area contributed by atoms with Crippen LogP contribution in [0.1, 0.15) is 335 Å². The molecule has 0 rings (SSSR count). The Labute approximate surface area is 448 Å². The van der Waals surface area contributed by atoms with E-state index in [1.165, 1.54) is 225 Å². The van der Waals surface area contributed by atoms with Crippen LogP contribution < -0.4 is 0 Å². The van der Waals surface area contributed by atoms with Gasteiger partial charge in [-0.2, -0.15) is 0 Å². The minimum Gasteiger partial charge on any atom is -0.462 e. The summed E-state index contributed by atoms with van der Waals surface area (Å²) < 4.78 is 16.9. The molecule has 0 aromatic carbocycles. The molecule has 0 aromatic heterocycles. The van der Waals surface area contributed by atoms with Crippen molar-refractivity contribution in [1.29, 1.82) is 0 Å². The van der Waals surface area contributed by atoms with Crippen LogP contribution >= 0.6 is 0 Å². The maximum absolute atomic E-state index is 12.9. The predicted molar refractivity (Wildman–Crippen MR) is 312 cm³/mol. The molecule has 0 heterocycles. The van der Waals surface area contributed by atoms with E-state index in [1.54, 1.807) is 0 Å². The Morgan fingerprint density at radius 1 is 0.278 bits per heavy atom. The minimum atomic E-state index is -0.779. The first kappa shape index (κ1) is 69.4. The van der Waals surface area contributed by atoms with Crippen molar-refractivity contribution in [2.24, 2.45) is 0 Å². The molecule has 0 fully saturated rings. The van der Waals surface area contributed by atoms with Gasteiger partial charge in [0.1, 0.15) is 13.2 Å². The van der Waals surface area contributed by atoms with Gasteiger partial charge < -0.3 is 14.2 Å². The summed E-state index contributed by atoms with van der Waals surface area (Å²) in [6.07, 6.45) is 75.3. The molecule has 1 unspecified atom stereocenters. The highest BCUT2D eigenvalue weighted by atomic mass is 16.6. The normalized spacial score (nSPS) is 12.3. The Morgan fingerprint density at radius 2 is 0.500 bits per heavy atom. The van der Waals surface area contributed by atoms with E-state index in [9.17, 15) is 14.4 Å². The van der Waals surface area contributed by atoms with Gasteiger partial charge in [-0.1, -0.05) is 262 Å². The maximum atomic E-state index is 12.9. The molecule has 72 heavy (non-hydrogen) atoms. The first-order chi connectivity index (χ1) is 35.5. The Bertz CT molecular complexity index is 1250. The highest BCUT2D eigenvalue weighted by Crippen LogP contribution is 2.16. The average Bonchev–Trinajstić information content (AvgIpc) is 3.38. The van der Waals surface area contributed by atoms with E-state index in [2.05, 4.69) is 69.4 Å². The Balaban J connectivity index is 4.36. The fourth-order valence-corrected chi connectivity index (χ4v) is 9.23. The van der Waals surface area contributed by atoms with E-state index in [0.29, 0.717) is 19.3 Å². The lowest BCUT2D eigenvalue weighted by molar-refractivity contribution is -0.167. The van der Waals surface area contributed by atoms with Crippen LogP contribution in [0.15, 0.2) is 48.6 Å². The van der Waals surface area contributed by atoms with Gasteiger partial charge >= 0.3 is 17.9 Å². The lowest BCUT2D eigenvalue weighted by Gasteiger charge is -2.18. The lowest BCUT2D eigenvalue weighted by atomic mass is 10.1. The second-order valence-corrected chi connectivity index (χ2v) is 21.3. The molecule has 6 nitrogen and oxygen atoms in total. The van der Waals surface area contributed by atoms with E-state index in [4.69, 9.17) is 14.2 Å². The highest BCUT2D eigenvalue weighted by Gasteiger charge is 2.19. The fourth-order valence-electron chi connectivity index (χ4n) is 9.23. The molecule has 0 saturated heterocycles. The van der Waals surface area contributed by atoms with Crippen LogP contribution in [0.2, 0.25) is 0 Å². The Kier molecular flexibility index (Phi) is 58.7. The van der Waals surface area contributed by atoms with Crippen molar-refractivity contribution in [2.45, 2.75) is 341 Å². The van der Waals surface area contributed by atoms with E-state index in [-0.39, 0.29) is 31.1 Å². The van der Waals surface area contributed by atoms with Crippen molar-refractivity contribution in [2.75, 3.05) is 13.2 Å². The zero-order chi connectivity index (χ0) is 52.2. The van der Waals surface area contributed by atoms with Gasteiger partial charge in [0.15, 0.2) is 6.10 Å². The van der Waals surface area contributed by atoms with Gasteiger partial charge in [-0.15, -0.1) is 0 Å². The molecule has 0 aliphatic heterocycles. The van der Waals surface area contributed by atoms with E-state index in [0.717, 1.165) is 70.6 Å². The minimum absolute atomic E-state index is 0.0766. The fraction of sp³-hybridized carbons (Fsp3) is 0.833. The van der Waals surface area contributed by atoms with E-state index >= 15 is 0 Å². The van der Waals surface area contributed by atoms with Crippen molar-refractivity contribution in [1.82, 2.24) is 0 Å². The standard InChI is InChI=1S/C66H120O6/c1-4-7-10-13-16-19-22-25-28-31-33-35-38-41-44-47-50-53-56-59-65(68)71-62-63(61-70-64(67)58-55-52-49-46-43-40-37-30-27-24-21-18-15-12-9-6-3)72-66(69)60-57-54-51-48-45-42-39-36-34-32-29-26-23-20-17-14-11-8-5-2/h16,19,25-26,28-30,37,63H,4-15,17-18,20-24,27,31-36,38-62H2,1-3H3/b19-16-,28-25-,29-26-,37-30-. The van der Waals surface area contributed by atoms with Gasteiger partial charge in [0.2, 0.25) is 0 Å². The summed E-state index contributed by atoms with van der Waals surface area (Å²) in [5.41, 5.74) is 0. The second kappa shape index (κ2) is 60.9. The molecular weight excluding hydrogens is 889 g/mol. The number of allylic oxidation sites excluding steroid dienone is 8. The molecule has 6 heteroatoms.